The van der Waals surface area contributed by atoms with E-state index in [1.165, 1.54) is 37.1 Å². The third kappa shape index (κ3) is 1.74. The summed E-state index contributed by atoms with van der Waals surface area (Å²) in [5.41, 5.74) is 1.01. The van der Waals surface area contributed by atoms with Crippen molar-refractivity contribution in [2.75, 3.05) is 0 Å². The quantitative estimate of drug-likeness (QED) is 0.853. The fourth-order valence-electron chi connectivity index (χ4n) is 4.96. The Hall–Kier alpha value is -0.450. The smallest absolute Gasteiger partial charge is 0.111 e. The van der Waals surface area contributed by atoms with Crippen molar-refractivity contribution in [3.05, 3.63) is 16.1 Å². The number of aromatic nitrogens is 1. The maximum absolute atomic E-state index is 5.13. The Labute approximate surface area is 112 Å². The SMILES string of the molecule is NOCc1csc(C2C3CC4CC(C3)CC2C4)n1. The molecule has 0 aliphatic heterocycles. The molecule has 4 aliphatic rings. The zero-order valence-electron chi connectivity index (χ0n) is 10.5. The van der Waals surface area contributed by atoms with Crippen LogP contribution in [-0.2, 0) is 11.4 Å². The Kier molecular flexibility index (Phi) is 2.71. The van der Waals surface area contributed by atoms with Crippen LogP contribution in [0.3, 0.4) is 0 Å². The summed E-state index contributed by atoms with van der Waals surface area (Å²) in [6.45, 7) is 0.448. The number of thiazole rings is 1. The van der Waals surface area contributed by atoms with Crippen LogP contribution >= 0.6 is 11.3 Å². The second kappa shape index (κ2) is 4.29. The highest BCUT2D eigenvalue weighted by Crippen LogP contribution is 2.59. The Morgan fingerprint density at radius 3 is 2.44 bits per heavy atom. The molecule has 0 unspecified atom stereocenters. The molecule has 1 aromatic rings. The first-order valence-corrected chi connectivity index (χ1v) is 7.97. The first kappa shape index (κ1) is 11.4. The lowest BCUT2D eigenvalue weighted by Crippen LogP contribution is -2.43. The molecule has 1 heterocycles. The number of hydrogen-bond donors (Lipinski definition) is 1. The summed E-state index contributed by atoms with van der Waals surface area (Å²) in [7, 11) is 0. The summed E-state index contributed by atoms with van der Waals surface area (Å²) in [5.74, 6) is 9.78. The first-order valence-electron chi connectivity index (χ1n) is 7.09. The minimum atomic E-state index is 0.448. The average molecular weight is 264 g/mol. The van der Waals surface area contributed by atoms with Gasteiger partial charge in [0.1, 0.15) is 6.61 Å². The molecule has 4 heteroatoms. The van der Waals surface area contributed by atoms with Gasteiger partial charge >= 0.3 is 0 Å². The molecule has 5 rings (SSSR count). The van der Waals surface area contributed by atoms with Gasteiger partial charge in [-0.15, -0.1) is 11.3 Å². The van der Waals surface area contributed by atoms with Gasteiger partial charge in [-0.3, -0.25) is 4.84 Å². The van der Waals surface area contributed by atoms with Crippen molar-refractivity contribution >= 4 is 11.3 Å². The predicted octanol–water partition coefficient (Wildman–Crippen LogP) is 3.07. The third-order valence-corrected chi connectivity index (χ3v) is 6.31. The molecule has 0 spiro atoms. The number of rotatable bonds is 3. The topological polar surface area (TPSA) is 48.1 Å². The van der Waals surface area contributed by atoms with Gasteiger partial charge in [-0.1, -0.05) is 0 Å². The number of nitrogens with two attached hydrogens (primary N) is 1. The van der Waals surface area contributed by atoms with Crippen molar-refractivity contribution in [1.29, 1.82) is 0 Å². The molecule has 4 aliphatic carbocycles. The van der Waals surface area contributed by atoms with Crippen LogP contribution in [0.5, 0.6) is 0 Å². The van der Waals surface area contributed by atoms with Gasteiger partial charge in [-0.25, -0.2) is 10.9 Å². The maximum Gasteiger partial charge on any atom is 0.111 e. The van der Waals surface area contributed by atoms with Crippen molar-refractivity contribution < 1.29 is 4.84 Å². The third-order valence-electron chi connectivity index (χ3n) is 5.31. The second-order valence-corrected chi connectivity index (χ2v) is 7.33. The summed E-state index contributed by atoms with van der Waals surface area (Å²) < 4.78 is 0. The highest BCUT2D eigenvalue weighted by Gasteiger charge is 2.49. The van der Waals surface area contributed by atoms with E-state index in [1.54, 1.807) is 0 Å². The fourth-order valence-corrected chi connectivity index (χ4v) is 6.05. The molecule has 4 saturated carbocycles. The second-order valence-electron chi connectivity index (χ2n) is 6.44. The van der Waals surface area contributed by atoms with Crippen molar-refractivity contribution in [3.63, 3.8) is 0 Å². The predicted molar refractivity (Wildman–Crippen MR) is 70.9 cm³/mol. The van der Waals surface area contributed by atoms with E-state index in [0.29, 0.717) is 6.61 Å². The van der Waals surface area contributed by atoms with Crippen LogP contribution in [0.4, 0.5) is 0 Å². The molecule has 0 saturated heterocycles. The van der Waals surface area contributed by atoms with Gasteiger partial charge < -0.3 is 0 Å². The molecule has 0 aromatic carbocycles. The van der Waals surface area contributed by atoms with Gasteiger partial charge in [0, 0.05) is 11.3 Å². The lowest BCUT2D eigenvalue weighted by atomic mass is 9.52. The summed E-state index contributed by atoms with van der Waals surface area (Å²) >= 11 is 1.82. The lowest BCUT2D eigenvalue weighted by molar-refractivity contribution is -0.00297. The largest absolute Gasteiger partial charge is 0.298 e. The number of hydrogen-bond acceptors (Lipinski definition) is 4. The molecule has 0 amide bonds. The van der Waals surface area contributed by atoms with E-state index in [4.69, 9.17) is 15.7 Å². The van der Waals surface area contributed by atoms with E-state index >= 15 is 0 Å². The van der Waals surface area contributed by atoms with Crippen LogP contribution in [0.25, 0.3) is 0 Å². The first-order chi connectivity index (χ1) is 8.83. The fraction of sp³-hybridized carbons (Fsp3) is 0.786. The summed E-state index contributed by atoms with van der Waals surface area (Å²) in [6.07, 6.45) is 7.35. The van der Waals surface area contributed by atoms with Crippen molar-refractivity contribution in [1.82, 2.24) is 4.98 Å². The zero-order valence-corrected chi connectivity index (χ0v) is 11.4. The Morgan fingerprint density at radius 2 is 1.83 bits per heavy atom. The Bertz CT molecular complexity index is 417. The molecule has 18 heavy (non-hydrogen) atoms. The van der Waals surface area contributed by atoms with Gasteiger partial charge in [-0.05, 0) is 55.8 Å². The van der Waals surface area contributed by atoms with E-state index in [-0.39, 0.29) is 0 Å². The van der Waals surface area contributed by atoms with Gasteiger partial charge in [0.25, 0.3) is 0 Å². The maximum atomic E-state index is 5.13. The van der Waals surface area contributed by atoms with E-state index in [0.717, 1.165) is 35.3 Å². The van der Waals surface area contributed by atoms with Gasteiger partial charge in [0.15, 0.2) is 0 Å². The molecule has 98 valence electrons. The Balaban J connectivity index is 1.60. The van der Waals surface area contributed by atoms with Crippen molar-refractivity contribution in [2.45, 2.75) is 44.6 Å². The van der Waals surface area contributed by atoms with E-state index in [2.05, 4.69) is 5.38 Å². The standard InChI is InChI=1S/C14H20N2OS/c15-17-6-12-7-18-14(16-12)13-10-2-8-1-9(4-10)5-11(13)3-8/h7-11,13H,1-6,15H2. The van der Waals surface area contributed by atoms with E-state index in [9.17, 15) is 0 Å². The van der Waals surface area contributed by atoms with Crippen LogP contribution in [0.1, 0.15) is 48.7 Å². The summed E-state index contributed by atoms with van der Waals surface area (Å²) in [5, 5.41) is 3.48. The van der Waals surface area contributed by atoms with Crippen LogP contribution in [0.2, 0.25) is 0 Å². The highest BCUT2D eigenvalue weighted by molar-refractivity contribution is 7.09. The summed E-state index contributed by atoms with van der Waals surface area (Å²) in [4.78, 5) is 9.45. The molecule has 2 N–H and O–H groups in total. The molecular weight excluding hydrogens is 244 g/mol. The molecule has 4 bridgehead atoms. The minimum absolute atomic E-state index is 0.448. The van der Waals surface area contributed by atoms with Crippen LogP contribution in [0.15, 0.2) is 5.38 Å². The average Bonchev–Trinajstić information content (AvgIpc) is 2.76. The van der Waals surface area contributed by atoms with E-state index < -0.39 is 0 Å². The van der Waals surface area contributed by atoms with Gasteiger partial charge in [0.05, 0.1) is 10.7 Å². The van der Waals surface area contributed by atoms with Gasteiger partial charge in [-0.2, -0.15) is 0 Å². The minimum Gasteiger partial charge on any atom is -0.298 e. The van der Waals surface area contributed by atoms with E-state index in [1.807, 2.05) is 11.3 Å². The van der Waals surface area contributed by atoms with Crippen molar-refractivity contribution in [2.24, 2.45) is 29.6 Å². The zero-order chi connectivity index (χ0) is 12.1. The molecule has 0 radical (unpaired) electrons. The summed E-state index contributed by atoms with van der Waals surface area (Å²) in [6, 6.07) is 0. The van der Waals surface area contributed by atoms with Gasteiger partial charge in [0.2, 0.25) is 0 Å². The Morgan fingerprint density at radius 1 is 1.17 bits per heavy atom. The van der Waals surface area contributed by atoms with Crippen LogP contribution in [0, 0.1) is 23.7 Å². The monoisotopic (exact) mass is 264 g/mol. The lowest BCUT2D eigenvalue weighted by Gasteiger charge is -2.53. The van der Waals surface area contributed by atoms with Crippen molar-refractivity contribution in [3.8, 4) is 0 Å². The molecule has 0 atom stereocenters. The van der Waals surface area contributed by atoms with Crippen LogP contribution in [-0.4, -0.2) is 4.98 Å². The van der Waals surface area contributed by atoms with Crippen LogP contribution < -0.4 is 5.90 Å². The number of nitrogens with zero attached hydrogens (tertiary/aromatic N) is 1. The molecule has 4 fully saturated rings. The highest BCUT2D eigenvalue weighted by atomic mass is 32.1. The molecule has 3 nitrogen and oxygen atoms in total. The molecular formula is C14H20N2OS. The molecule has 1 aromatic heterocycles. The normalized spacial score (nSPS) is 41.5.